The van der Waals surface area contributed by atoms with Crippen LogP contribution in [0.3, 0.4) is 0 Å². The summed E-state index contributed by atoms with van der Waals surface area (Å²) in [5.74, 6) is 1.82. The first-order valence-corrected chi connectivity index (χ1v) is 14.3. The van der Waals surface area contributed by atoms with Crippen molar-refractivity contribution >= 4 is 0 Å². The number of hydrogen-bond acceptors (Lipinski definition) is 3. The van der Waals surface area contributed by atoms with Crippen LogP contribution < -0.4 is 0 Å². The van der Waals surface area contributed by atoms with Gasteiger partial charge >= 0.3 is 0 Å². The van der Waals surface area contributed by atoms with Crippen LogP contribution in [0.5, 0.6) is 0 Å². The van der Waals surface area contributed by atoms with Gasteiger partial charge in [0, 0.05) is 10.8 Å². The molecule has 188 valence electrons. The minimum absolute atomic E-state index is 0.0271. The minimum atomic E-state index is 0.0271. The van der Waals surface area contributed by atoms with Crippen LogP contribution in [0.2, 0.25) is 0 Å². The number of hydrogen-bond donors (Lipinski definition) is 0. The Morgan fingerprint density at radius 2 is 0.750 bits per heavy atom. The van der Waals surface area contributed by atoms with Gasteiger partial charge in [0.05, 0.1) is 0 Å². The van der Waals surface area contributed by atoms with Crippen molar-refractivity contribution in [2.45, 2.75) is 174 Å². The van der Waals surface area contributed by atoms with Gasteiger partial charge in [-0.15, -0.1) is 10.2 Å². The highest BCUT2D eigenvalue weighted by molar-refractivity contribution is 5.07. The topological polar surface area (TPSA) is 38.9 Å². The Bertz CT molecular complexity index is 555. The molecule has 0 saturated heterocycles. The minimum Gasteiger partial charge on any atom is -0.424 e. The molecule has 0 radical (unpaired) electrons. The molecular formula is C29H56N2O. The highest BCUT2D eigenvalue weighted by Crippen LogP contribution is 2.39. The Labute approximate surface area is 200 Å². The lowest BCUT2D eigenvalue weighted by molar-refractivity contribution is 0.241. The molecule has 0 spiro atoms. The number of aromatic nitrogens is 2. The van der Waals surface area contributed by atoms with E-state index >= 15 is 0 Å². The van der Waals surface area contributed by atoms with Crippen LogP contribution in [0.25, 0.3) is 0 Å². The average Bonchev–Trinajstić information content (AvgIpc) is 3.30. The number of unbranched alkanes of at least 4 members (excludes halogenated alkanes) is 11. The van der Waals surface area contributed by atoms with E-state index in [-0.39, 0.29) is 10.8 Å². The Morgan fingerprint density at radius 1 is 0.469 bits per heavy atom. The van der Waals surface area contributed by atoms with Crippen LogP contribution in [0.15, 0.2) is 4.42 Å². The van der Waals surface area contributed by atoms with E-state index in [1.807, 2.05) is 0 Å². The van der Waals surface area contributed by atoms with Gasteiger partial charge in [0.15, 0.2) is 0 Å². The van der Waals surface area contributed by atoms with Crippen LogP contribution in [-0.2, 0) is 10.8 Å². The SMILES string of the molecule is CCCCCCC(C)(CCCCC)c1nnc(C(C)(CCCCCC)CCCCCC)o1. The van der Waals surface area contributed by atoms with Crippen molar-refractivity contribution in [3.8, 4) is 0 Å². The lowest BCUT2D eigenvalue weighted by Crippen LogP contribution is -2.24. The predicted molar refractivity (Wildman–Crippen MR) is 139 cm³/mol. The maximum atomic E-state index is 6.59. The van der Waals surface area contributed by atoms with Gasteiger partial charge in [-0.3, -0.25) is 0 Å². The summed E-state index contributed by atoms with van der Waals surface area (Å²) in [5, 5.41) is 9.41. The monoisotopic (exact) mass is 448 g/mol. The van der Waals surface area contributed by atoms with E-state index in [2.05, 4.69) is 41.5 Å². The van der Waals surface area contributed by atoms with Gasteiger partial charge in [-0.05, 0) is 25.7 Å². The Hall–Kier alpha value is -0.860. The zero-order valence-electron chi connectivity index (χ0n) is 22.7. The summed E-state index contributed by atoms with van der Waals surface area (Å²) in [6.45, 7) is 13.9. The second kappa shape index (κ2) is 16.7. The Kier molecular flexibility index (Phi) is 15.2. The molecule has 0 N–H and O–H groups in total. The van der Waals surface area contributed by atoms with Crippen molar-refractivity contribution in [1.29, 1.82) is 0 Å². The van der Waals surface area contributed by atoms with Gasteiger partial charge in [0.1, 0.15) is 0 Å². The second-order valence-corrected chi connectivity index (χ2v) is 10.9. The van der Waals surface area contributed by atoms with Gasteiger partial charge in [-0.1, -0.05) is 138 Å². The van der Waals surface area contributed by atoms with Crippen molar-refractivity contribution in [3.63, 3.8) is 0 Å². The molecule has 0 saturated carbocycles. The van der Waals surface area contributed by atoms with E-state index in [4.69, 9.17) is 14.6 Å². The largest absolute Gasteiger partial charge is 0.424 e. The van der Waals surface area contributed by atoms with E-state index in [0.29, 0.717) is 0 Å². The average molecular weight is 449 g/mol. The number of nitrogens with zero attached hydrogens (tertiary/aromatic N) is 2. The third-order valence-electron chi connectivity index (χ3n) is 7.54. The summed E-state index contributed by atoms with van der Waals surface area (Å²) >= 11 is 0. The van der Waals surface area contributed by atoms with Crippen LogP contribution >= 0.6 is 0 Å². The molecule has 0 aliphatic rings. The zero-order valence-corrected chi connectivity index (χ0v) is 22.7. The van der Waals surface area contributed by atoms with E-state index in [9.17, 15) is 0 Å². The lowest BCUT2D eigenvalue weighted by atomic mass is 9.79. The standard InChI is InChI=1S/C29H56N2O/c1-7-11-15-19-23-28(5,22-18-14-10-4)26-30-31-27(32-26)29(6,24-20-16-12-8-2)25-21-17-13-9-3/h7-25H2,1-6H3. The van der Waals surface area contributed by atoms with Crippen molar-refractivity contribution < 1.29 is 4.42 Å². The summed E-state index contributed by atoms with van der Waals surface area (Å²) in [4.78, 5) is 0. The van der Waals surface area contributed by atoms with Gasteiger partial charge in [0.2, 0.25) is 11.8 Å². The fraction of sp³-hybridized carbons (Fsp3) is 0.931. The molecule has 1 unspecified atom stereocenters. The van der Waals surface area contributed by atoms with Crippen LogP contribution in [0.1, 0.15) is 175 Å². The molecule has 1 aromatic heterocycles. The van der Waals surface area contributed by atoms with Crippen LogP contribution in [-0.4, -0.2) is 10.2 Å². The second-order valence-electron chi connectivity index (χ2n) is 10.9. The Balaban J connectivity index is 2.98. The fourth-order valence-corrected chi connectivity index (χ4v) is 4.98. The zero-order chi connectivity index (χ0) is 23.7. The molecule has 0 aliphatic carbocycles. The first-order chi connectivity index (χ1) is 15.5. The summed E-state index contributed by atoms with van der Waals surface area (Å²) < 4.78 is 6.59. The molecule has 0 bridgehead atoms. The molecule has 1 heterocycles. The summed E-state index contributed by atoms with van der Waals surface area (Å²) in [6.07, 6.45) is 24.0. The molecule has 0 aliphatic heterocycles. The first-order valence-electron chi connectivity index (χ1n) is 14.3. The highest BCUT2D eigenvalue weighted by Gasteiger charge is 2.36. The molecule has 0 aromatic carbocycles. The maximum Gasteiger partial charge on any atom is 0.222 e. The van der Waals surface area contributed by atoms with Gasteiger partial charge < -0.3 is 4.42 Å². The molecule has 0 fully saturated rings. The Morgan fingerprint density at radius 3 is 1.06 bits per heavy atom. The molecule has 3 nitrogen and oxygen atoms in total. The molecule has 32 heavy (non-hydrogen) atoms. The van der Waals surface area contributed by atoms with E-state index in [1.165, 1.54) is 116 Å². The summed E-state index contributed by atoms with van der Waals surface area (Å²) in [7, 11) is 0. The summed E-state index contributed by atoms with van der Waals surface area (Å²) in [6, 6.07) is 0. The van der Waals surface area contributed by atoms with Crippen molar-refractivity contribution in [2.24, 2.45) is 0 Å². The van der Waals surface area contributed by atoms with Crippen LogP contribution in [0.4, 0.5) is 0 Å². The first kappa shape index (κ1) is 29.2. The lowest BCUT2D eigenvalue weighted by Gasteiger charge is -2.28. The molecule has 0 amide bonds. The van der Waals surface area contributed by atoms with E-state index in [1.54, 1.807) is 0 Å². The molecule has 3 heteroatoms. The molecule has 1 rings (SSSR count). The fourth-order valence-electron chi connectivity index (χ4n) is 4.98. The molecule has 1 atom stereocenters. The number of rotatable bonds is 21. The molecule has 1 aromatic rings. The maximum absolute atomic E-state index is 6.59. The van der Waals surface area contributed by atoms with Gasteiger partial charge in [-0.2, -0.15) is 0 Å². The smallest absolute Gasteiger partial charge is 0.222 e. The normalized spacial score (nSPS) is 14.1. The van der Waals surface area contributed by atoms with Crippen LogP contribution in [0, 0.1) is 0 Å². The molecular weight excluding hydrogens is 392 g/mol. The van der Waals surface area contributed by atoms with Crippen molar-refractivity contribution in [2.75, 3.05) is 0 Å². The van der Waals surface area contributed by atoms with E-state index in [0.717, 1.165) is 18.2 Å². The van der Waals surface area contributed by atoms with Crippen molar-refractivity contribution in [1.82, 2.24) is 10.2 Å². The predicted octanol–water partition coefficient (Wildman–Crippen LogP) is 10.1. The van der Waals surface area contributed by atoms with Crippen molar-refractivity contribution in [3.05, 3.63) is 11.8 Å². The third kappa shape index (κ3) is 10.4. The van der Waals surface area contributed by atoms with E-state index < -0.39 is 0 Å². The van der Waals surface area contributed by atoms with Gasteiger partial charge in [-0.25, -0.2) is 0 Å². The highest BCUT2D eigenvalue weighted by atomic mass is 16.4. The van der Waals surface area contributed by atoms with Gasteiger partial charge in [0.25, 0.3) is 0 Å². The summed E-state index contributed by atoms with van der Waals surface area (Å²) in [5.41, 5.74) is 0.0543. The quantitative estimate of drug-likeness (QED) is 0.176. The third-order valence-corrected chi connectivity index (χ3v) is 7.54.